The molecule has 0 aliphatic rings. The van der Waals surface area contributed by atoms with Crippen LogP contribution in [0.4, 0.5) is 0 Å². The smallest absolute Gasteiger partial charge is 0.305 e. The van der Waals surface area contributed by atoms with Crippen molar-refractivity contribution < 1.29 is 14.3 Å². The van der Waals surface area contributed by atoms with Gasteiger partial charge in [-0.1, -0.05) is 39.0 Å². The Morgan fingerprint density at radius 1 is 1.12 bits per heavy atom. The lowest BCUT2D eigenvalue weighted by atomic mass is 10.2. The highest BCUT2D eigenvalue weighted by Gasteiger charge is 2.40. The standard InChI is InChI=1S/C13H20O3Si/c1-13(2,3)17(4,5)16-15-12(14)11-9-7-6-8-10-11/h6-10H,1-5H3. The van der Waals surface area contributed by atoms with Crippen LogP contribution in [0.2, 0.25) is 18.1 Å². The molecule has 0 saturated carbocycles. The highest BCUT2D eigenvalue weighted by molar-refractivity contribution is 6.73. The highest BCUT2D eigenvalue weighted by Crippen LogP contribution is 2.36. The summed E-state index contributed by atoms with van der Waals surface area (Å²) in [6, 6.07) is 8.85. The summed E-state index contributed by atoms with van der Waals surface area (Å²) in [4.78, 5) is 16.6. The number of benzene rings is 1. The van der Waals surface area contributed by atoms with Crippen LogP contribution < -0.4 is 0 Å². The van der Waals surface area contributed by atoms with Crippen molar-refractivity contribution in [2.24, 2.45) is 0 Å². The number of carbonyl (C=O) groups excluding carboxylic acids is 1. The van der Waals surface area contributed by atoms with Gasteiger partial charge < -0.3 is 4.89 Å². The van der Waals surface area contributed by atoms with Crippen LogP contribution in [0.25, 0.3) is 0 Å². The fourth-order valence-electron chi connectivity index (χ4n) is 0.889. The van der Waals surface area contributed by atoms with E-state index >= 15 is 0 Å². The van der Waals surface area contributed by atoms with Crippen LogP contribution in [0, 0.1) is 0 Å². The van der Waals surface area contributed by atoms with Crippen molar-refractivity contribution in [2.75, 3.05) is 0 Å². The molecule has 0 amide bonds. The summed E-state index contributed by atoms with van der Waals surface area (Å²) in [6.45, 7) is 10.3. The molecular formula is C13H20O3Si. The molecule has 0 aliphatic heterocycles. The van der Waals surface area contributed by atoms with Crippen LogP contribution in [0.3, 0.4) is 0 Å². The zero-order chi connectivity index (χ0) is 13.1. The third kappa shape index (κ3) is 3.68. The fourth-order valence-corrected chi connectivity index (χ4v) is 1.42. The normalized spacial score (nSPS) is 12.3. The maximum Gasteiger partial charge on any atom is 0.371 e. The largest absolute Gasteiger partial charge is 0.371 e. The van der Waals surface area contributed by atoms with E-state index in [-0.39, 0.29) is 5.04 Å². The van der Waals surface area contributed by atoms with Crippen LogP contribution in [0.5, 0.6) is 0 Å². The molecule has 1 aromatic carbocycles. The number of carbonyl (C=O) groups is 1. The molecule has 0 bridgehead atoms. The topological polar surface area (TPSA) is 35.5 Å². The maximum atomic E-state index is 11.7. The van der Waals surface area contributed by atoms with Crippen molar-refractivity contribution in [2.45, 2.75) is 38.9 Å². The summed E-state index contributed by atoms with van der Waals surface area (Å²) in [7, 11) is -2.04. The van der Waals surface area contributed by atoms with Crippen molar-refractivity contribution in [3.63, 3.8) is 0 Å². The second-order valence-corrected chi connectivity index (χ2v) is 10.3. The van der Waals surface area contributed by atoms with Crippen LogP contribution in [-0.4, -0.2) is 14.3 Å². The second kappa shape index (κ2) is 5.02. The molecule has 0 atom stereocenters. The molecule has 1 rings (SSSR count). The van der Waals surface area contributed by atoms with Crippen molar-refractivity contribution in [1.29, 1.82) is 0 Å². The Hall–Kier alpha value is -1.13. The van der Waals surface area contributed by atoms with Crippen molar-refractivity contribution in [3.8, 4) is 0 Å². The summed E-state index contributed by atoms with van der Waals surface area (Å²) >= 11 is 0. The Morgan fingerprint density at radius 3 is 2.12 bits per heavy atom. The molecule has 94 valence electrons. The van der Waals surface area contributed by atoms with Gasteiger partial charge in [0.1, 0.15) is 0 Å². The number of hydrogen-bond acceptors (Lipinski definition) is 3. The minimum absolute atomic E-state index is 0.0178. The third-order valence-electron chi connectivity index (χ3n) is 3.14. The average Bonchev–Trinajstić information content (AvgIpc) is 2.25. The van der Waals surface area contributed by atoms with Gasteiger partial charge in [0.15, 0.2) is 0 Å². The molecule has 0 unspecified atom stereocenters. The maximum absolute atomic E-state index is 11.7. The molecule has 17 heavy (non-hydrogen) atoms. The number of hydrogen-bond donors (Lipinski definition) is 0. The lowest BCUT2D eigenvalue weighted by Crippen LogP contribution is -2.41. The van der Waals surface area contributed by atoms with Gasteiger partial charge in [0.2, 0.25) is 0 Å². The van der Waals surface area contributed by atoms with Crippen LogP contribution in [-0.2, 0) is 9.46 Å². The van der Waals surface area contributed by atoms with E-state index in [9.17, 15) is 4.79 Å². The Kier molecular flexibility index (Phi) is 4.11. The van der Waals surface area contributed by atoms with E-state index in [4.69, 9.17) is 9.46 Å². The van der Waals surface area contributed by atoms with Crippen molar-refractivity contribution in [3.05, 3.63) is 35.9 Å². The second-order valence-electron chi connectivity index (χ2n) is 5.58. The first-order valence-electron chi connectivity index (χ1n) is 5.69. The van der Waals surface area contributed by atoms with Gasteiger partial charge in [-0.15, -0.1) is 0 Å². The van der Waals surface area contributed by atoms with E-state index < -0.39 is 14.3 Å². The monoisotopic (exact) mass is 252 g/mol. The minimum Gasteiger partial charge on any atom is -0.305 e. The molecule has 3 nitrogen and oxygen atoms in total. The quantitative estimate of drug-likeness (QED) is 0.466. The molecule has 0 N–H and O–H groups in total. The van der Waals surface area contributed by atoms with E-state index in [2.05, 4.69) is 20.8 Å². The first kappa shape index (κ1) is 13.9. The van der Waals surface area contributed by atoms with Crippen LogP contribution in [0.1, 0.15) is 31.1 Å². The van der Waals surface area contributed by atoms with Gasteiger partial charge in [0, 0.05) is 0 Å². The first-order chi connectivity index (χ1) is 7.74. The SMILES string of the molecule is CC(C)(C)[Si](C)(C)OOC(=O)c1ccccc1. The molecular weight excluding hydrogens is 232 g/mol. The van der Waals surface area contributed by atoms with Crippen molar-refractivity contribution in [1.82, 2.24) is 0 Å². The molecule has 0 spiro atoms. The number of rotatable bonds is 3. The molecule has 0 radical (unpaired) electrons. The van der Waals surface area contributed by atoms with Gasteiger partial charge in [-0.2, -0.15) is 0 Å². The average molecular weight is 252 g/mol. The fraction of sp³-hybridized carbons (Fsp3) is 0.462. The molecule has 1 aromatic rings. The third-order valence-corrected chi connectivity index (χ3v) is 7.25. The van der Waals surface area contributed by atoms with Gasteiger partial charge in [0.25, 0.3) is 8.32 Å². The summed E-state index contributed by atoms with van der Waals surface area (Å²) in [5.74, 6) is -0.435. The summed E-state index contributed by atoms with van der Waals surface area (Å²) in [5, 5.41) is 0.0178. The Bertz CT molecular complexity index is 379. The van der Waals surface area contributed by atoms with E-state index in [1.54, 1.807) is 24.3 Å². The molecule has 0 saturated heterocycles. The Balaban J connectivity index is 2.61. The van der Waals surface area contributed by atoms with E-state index in [1.165, 1.54) is 0 Å². The molecule has 0 aromatic heterocycles. The first-order valence-corrected chi connectivity index (χ1v) is 8.60. The lowest BCUT2D eigenvalue weighted by molar-refractivity contribution is -0.163. The predicted molar refractivity (Wildman–Crippen MR) is 70.1 cm³/mol. The Morgan fingerprint density at radius 2 is 1.65 bits per heavy atom. The molecule has 0 heterocycles. The van der Waals surface area contributed by atoms with E-state index in [1.807, 2.05) is 19.2 Å². The van der Waals surface area contributed by atoms with Gasteiger partial charge in [-0.3, -0.25) is 0 Å². The summed E-state index contributed by atoms with van der Waals surface area (Å²) in [5.41, 5.74) is 0.506. The molecule has 0 fully saturated rings. The summed E-state index contributed by atoms with van der Waals surface area (Å²) < 4.78 is 5.40. The minimum atomic E-state index is -2.04. The highest BCUT2D eigenvalue weighted by atomic mass is 28.4. The zero-order valence-corrected chi connectivity index (χ0v) is 12.1. The van der Waals surface area contributed by atoms with Crippen LogP contribution in [0.15, 0.2) is 30.3 Å². The van der Waals surface area contributed by atoms with Gasteiger partial charge in [-0.05, 0) is 30.3 Å². The van der Waals surface area contributed by atoms with Gasteiger partial charge in [0.05, 0.1) is 5.56 Å². The molecule has 4 heteroatoms. The van der Waals surface area contributed by atoms with E-state index in [0.717, 1.165) is 0 Å². The Labute approximate surface area is 104 Å². The molecule has 0 aliphatic carbocycles. The lowest BCUT2D eigenvalue weighted by Gasteiger charge is -2.33. The summed E-state index contributed by atoms with van der Waals surface area (Å²) in [6.07, 6.45) is 0. The predicted octanol–water partition coefficient (Wildman–Crippen LogP) is 3.78. The van der Waals surface area contributed by atoms with Crippen LogP contribution >= 0.6 is 0 Å². The zero-order valence-electron chi connectivity index (χ0n) is 11.1. The van der Waals surface area contributed by atoms with E-state index in [0.29, 0.717) is 5.56 Å². The van der Waals surface area contributed by atoms with Gasteiger partial charge in [-0.25, -0.2) is 9.37 Å². The van der Waals surface area contributed by atoms with Gasteiger partial charge >= 0.3 is 5.97 Å². The van der Waals surface area contributed by atoms with Crippen molar-refractivity contribution >= 4 is 14.3 Å².